The van der Waals surface area contributed by atoms with Gasteiger partial charge in [0.2, 0.25) is 10.0 Å². The van der Waals surface area contributed by atoms with Crippen LogP contribution in [0.2, 0.25) is 5.02 Å². The van der Waals surface area contributed by atoms with Gasteiger partial charge in [-0.2, -0.15) is 0 Å². The molecule has 0 saturated heterocycles. The third kappa shape index (κ3) is 3.75. The number of halogens is 1. The van der Waals surface area contributed by atoms with E-state index in [1.165, 1.54) is 0 Å². The molecule has 0 unspecified atom stereocenters. The number of sulfonamides is 1. The molecule has 0 aromatic carbocycles. The molecule has 0 aliphatic heterocycles. The number of pyridine rings is 1. The van der Waals surface area contributed by atoms with Crippen LogP contribution >= 0.6 is 23.8 Å². The van der Waals surface area contributed by atoms with Gasteiger partial charge in [-0.05, 0) is 24.7 Å². The molecule has 2 rings (SSSR count). The number of aromatic amines is 1. The number of hydrogen-bond donors (Lipinski definition) is 2. The van der Waals surface area contributed by atoms with Crippen molar-refractivity contribution < 1.29 is 8.42 Å². The second-order valence-electron chi connectivity index (χ2n) is 4.13. The first-order valence-electron chi connectivity index (χ1n) is 5.55. The number of aromatic nitrogens is 3. The molecule has 0 spiro atoms. The molecule has 0 saturated carbocycles. The summed E-state index contributed by atoms with van der Waals surface area (Å²) in [6.45, 7) is 0.941. The summed E-state index contributed by atoms with van der Waals surface area (Å²) in [4.78, 5) is 7.24. The molecule has 0 aliphatic rings. The molecular weight excluding hydrogens is 308 g/mol. The van der Waals surface area contributed by atoms with Crippen molar-refractivity contribution in [2.45, 2.75) is 13.0 Å². The zero-order valence-corrected chi connectivity index (χ0v) is 12.6. The summed E-state index contributed by atoms with van der Waals surface area (Å²) in [7, 11) is -3.15. The van der Waals surface area contributed by atoms with E-state index in [2.05, 4.69) is 14.7 Å². The third-order valence-corrected chi connectivity index (χ3v) is 3.76. The lowest BCUT2D eigenvalue weighted by molar-refractivity contribution is 0.576. The van der Waals surface area contributed by atoms with Crippen molar-refractivity contribution in [3.63, 3.8) is 0 Å². The van der Waals surface area contributed by atoms with Crippen molar-refractivity contribution in [2.24, 2.45) is 0 Å². The second kappa shape index (κ2) is 5.58. The van der Waals surface area contributed by atoms with Crippen LogP contribution in [0.25, 0.3) is 11.2 Å². The zero-order valence-electron chi connectivity index (χ0n) is 10.2. The van der Waals surface area contributed by atoms with Gasteiger partial charge in [0.05, 0.1) is 16.8 Å². The van der Waals surface area contributed by atoms with Gasteiger partial charge in [-0.15, -0.1) is 0 Å². The van der Waals surface area contributed by atoms with Crippen molar-refractivity contribution in [2.75, 3.05) is 12.8 Å². The predicted molar refractivity (Wildman–Crippen MR) is 77.4 cm³/mol. The first-order valence-corrected chi connectivity index (χ1v) is 8.23. The maximum Gasteiger partial charge on any atom is 0.208 e. The van der Waals surface area contributed by atoms with Crippen LogP contribution in [-0.2, 0) is 16.6 Å². The van der Waals surface area contributed by atoms with E-state index in [4.69, 9.17) is 23.8 Å². The van der Waals surface area contributed by atoms with Crippen LogP contribution in [0.15, 0.2) is 12.3 Å². The molecule has 2 heterocycles. The summed E-state index contributed by atoms with van der Waals surface area (Å²) in [5.41, 5.74) is 1.49. The van der Waals surface area contributed by atoms with Crippen LogP contribution in [0.5, 0.6) is 0 Å². The summed E-state index contributed by atoms with van der Waals surface area (Å²) < 4.78 is 26.7. The molecule has 0 amide bonds. The Hall–Kier alpha value is -0.960. The molecule has 2 N–H and O–H groups in total. The Bertz CT molecular complexity index is 750. The summed E-state index contributed by atoms with van der Waals surface area (Å²) >= 11 is 11.1. The molecule has 19 heavy (non-hydrogen) atoms. The summed E-state index contributed by atoms with van der Waals surface area (Å²) in [6, 6.07) is 1.75. The molecule has 0 bridgehead atoms. The average Bonchev–Trinajstić information content (AvgIpc) is 2.58. The topological polar surface area (TPSA) is 79.8 Å². The Balaban J connectivity index is 2.13. The fourth-order valence-corrected chi connectivity index (χ4v) is 2.68. The molecule has 2 aromatic heterocycles. The molecule has 6 nitrogen and oxygen atoms in total. The Morgan fingerprint density at radius 2 is 2.32 bits per heavy atom. The molecule has 0 aliphatic carbocycles. The van der Waals surface area contributed by atoms with Gasteiger partial charge in [-0.3, -0.25) is 0 Å². The van der Waals surface area contributed by atoms with Crippen molar-refractivity contribution in [1.82, 2.24) is 19.3 Å². The second-order valence-corrected chi connectivity index (χ2v) is 6.78. The first kappa shape index (κ1) is 14.4. The maximum absolute atomic E-state index is 10.9. The van der Waals surface area contributed by atoms with E-state index in [-0.39, 0.29) is 0 Å². The number of nitrogens with one attached hydrogen (secondary N) is 2. The van der Waals surface area contributed by atoms with E-state index in [0.717, 1.165) is 11.8 Å². The normalized spacial score (nSPS) is 12.1. The van der Waals surface area contributed by atoms with Crippen LogP contribution in [0.3, 0.4) is 0 Å². The largest absolute Gasteiger partial charge is 0.329 e. The number of aryl methyl sites for hydroxylation is 1. The van der Waals surface area contributed by atoms with E-state index in [1.54, 1.807) is 12.3 Å². The highest BCUT2D eigenvalue weighted by molar-refractivity contribution is 7.88. The summed E-state index contributed by atoms with van der Waals surface area (Å²) in [5, 5.41) is 0.537. The highest BCUT2D eigenvalue weighted by Crippen LogP contribution is 2.16. The summed E-state index contributed by atoms with van der Waals surface area (Å²) in [6.07, 6.45) is 3.31. The SMILES string of the molecule is CS(=O)(=O)NCCCn1c(=S)[nH]c2cc(Cl)cnc21. The number of nitrogens with zero attached hydrogens (tertiary/aromatic N) is 2. The van der Waals surface area contributed by atoms with Gasteiger partial charge in [0.25, 0.3) is 0 Å². The molecular formula is C10H13ClN4O2S2. The van der Waals surface area contributed by atoms with E-state index < -0.39 is 10.0 Å². The maximum atomic E-state index is 10.9. The molecule has 104 valence electrons. The van der Waals surface area contributed by atoms with Crippen LogP contribution < -0.4 is 4.72 Å². The van der Waals surface area contributed by atoms with Gasteiger partial charge in [0.1, 0.15) is 0 Å². The van der Waals surface area contributed by atoms with Crippen molar-refractivity contribution in [3.05, 3.63) is 22.1 Å². The minimum absolute atomic E-state index is 0.362. The quantitative estimate of drug-likeness (QED) is 0.649. The summed E-state index contributed by atoms with van der Waals surface area (Å²) in [5.74, 6) is 0. The molecule has 9 heteroatoms. The lowest BCUT2D eigenvalue weighted by atomic mass is 10.4. The van der Waals surface area contributed by atoms with E-state index in [1.807, 2.05) is 4.57 Å². The highest BCUT2D eigenvalue weighted by Gasteiger charge is 2.06. The fraction of sp³-hybridized carbons (Fsp3) is 0.400. The number of H-pyrrole nitrogens is 1. The van der Waals surface area contributed by atoms with Crippen LogP contribution in [0.1, 0.15) is 6.42 Å². The monoisotopic (exact) mass is 320 g/mol. The Morgan fingerprint density at radius 1 is 1.58 bits per heavy atom. The van der Waals surface area contributed by atoms with Gasteiger partial charge in [-0.1, -0.05) is 11.6 Å². The molecule has 0 radical (unpaired) electrons. The molecule has 2 aromatic rings. The van der Waals surface area contributed by atoms with E-state index in [9.17, 15) is 8.42 Å². The van der Waals surface area contributed by atoms with Crippen LogP contribution in [0.4, 0.5) is 0 Å². The Morgan fingerprint density at radius 3 is 3.00 bits per heavy atom. The van der Waals surface area contributed by atoms with E-state index >= 15 is 0 Å². The van der Waals surface area contributed by atoms with Gasteiger partial charge >= 0.3 is 0 Å². The van der Waals surface area contributed by atoms with Gasteiger partial charge in [-0.25, -0.2) is 18.1 Å². The number of rotatable bonds is 5. The smallest absolute Gasteiger partial charge is 0.208 e. The zero-order chi connectivity index (χ0) is 14.0. The van der Waals surface area contributed by atoms with Crippen LogP contribution in [-0.4, -0.2) is 35.8 Å². The van der Waals surface area contributed by atoms with Crippen LogP contribution in [0, 0.1) is 4.77 Å². The first-order chi connectivity index (χ1) is 8.87. The standard InChI is InChI=1S/C10H13ClN4O2S2/c1-19(16,17)13-3-2-4-15-9-8(14-10(15)18)5-7(11)6-12-9/h5-6,13H,2-4H2,1H3,(H,14,18). The molecule has 0 fully saturated rings. The molecule has 0 atom stereocenters. The Kier molecular flexibility index (Phi) is 4.24. The minimum Gasteiger partial charge on any atom is -0.329 e. The minimum atomic E-state index is -3.15. The number of hydrogen-bond acceptors (Lipinski definition) is 4. The Labute approximate surface area is 120 Å². The number of imidazole rings is 1. The van der Waals surface area contributed by atoms with Crippen molar-refractivity contribution in [1.29, 1.82) is 0 Å². The highest BCUT2D eigenvalue weighted by atomic mass is 35.5. The van der Waals surface area contributed by atoms with Gasteiger partial charge in [0, 0.05) is 19.3 Å². The van der Waals surface area contributed by atoms with Crippen molar-refractivity contribution in [3.8, 4) is 0 Å². The van der Waals surface area contributed by atoms with Gasteiger partial charge in [0.15, 0.2) is 10.4 Å². The number of fused-ring (bicyclic) bond motifs is 1. The van der Waals surface area contributed by atoms with Crippen molar-refractivity contribution >= 4 is 45.0 Å². The van der Waals surface area contributed by atoms with E-state index in [0.29, 0.717) is 35.0 Å². The predicted octanol–water partition coefficient (Wildman–Crippen LogP) is 1.69. The average molecular weight is 321 g/mol. The lowest BCUT2D eigenvalue weighted by Gasteiger charge is -2.04. The lowest BCUT2D eigenvalue weighted by Crippen LogP contribution is -2.23. The third-order valence-electron chi connectivity index (χ3n) is 2.50. The van der Waals surface area contributed by atoms with Gasteiger partial charge < -0.3 is 9.55 Å². The fourth-order valence-electron chi connectivity index (χ4n) is 1.72.